The van der Waals surface area contributed by atoms with Crippen LogP contribution in [0, 0.1) is 5.21 Å². The van der Waals surface area contributed by atoms with E-state index in [1.165, 1.54) is 4.90 Å². The molecule has 1 aliphatic heterocycles. The van der Waals surface area contributed by atoms with E-state index in [1.54, 1.807) is 13.1 Å². The summed E-state index contributed by atoms with van der Waals surface area (Å²) in [6.45, 7) is 0. The maximum absolute atomic E-state index is 13.2. The smallest absolute Gasteiger partial charge is 0.324 e. The van der Waals surface area contributed by atoms with Crippen molar-refractivity contribution in [3.05, 3.63) is 89.6 Å². The molecule has 4 rings (SSSR count). The Labute approximate surface area is 145 Å². The van der Waals surface area contributed by atoms with E-state index < -0.39 is 0 Å². The predicted molar refractivity (Wildman–Crippen MR) is 99.1 cm³/mol. The molecule has 4 nitrogen and oxygen atoms in total. The number of para-hydroxylation sites is 2. The Hall–Kier alpha value is -3.40. The van der Waals surface area contributed by atoms with Crippen molar-refractivity contribution in [3.63, 3.8) is 0 Å². The van der Waals surface area contributed by atoms with Gasteiger partial charge in [0.1, 0.15) is 0 Å². The van der Waals surface area contributed by atoms with Gasteiger partial charge in [-0.1, -0.05) is 54.6 Å². The van der Waals surface area contributed by atoms with Gasteiger partial charge >= 0.3 is 5.91 Å². The Kier molecular flexibility index (Phi) is 3.58. The van der Waals surface area contributed by atoms with Crippen molar-refractivity contribution in [1.29, 1.82) is 0 Å². The first-order valence-corrected chi connectivity index (χ1v) is 8.04. The molecule has 1 aliphatic rings. The van der Waals surface area contributed by atoms with Crippen molar-refractivity contribution in [2.75, 3.05) is 11.9 Å². The fourth-order valence-electron chi connectivity index (χ4n) is 3.18. The number of amides is 1. The normalized spacial score (nSPS) is 15.2. The number of carbonyl (C=O) groups is 1. The van der Waals surface area contributed by atoms with Crippen LogP contribution in [-0.4, -0.2) is 23.4 Å². The summed E-state index contributed by atoms with van der Waals surface area (Å²) in [5, 5.41) is 13.2. The van der Waals surface area contributed by atoms with E-state index in [1.807, 2.05) is 72.8 Å². The van der Waals surface area contributed by atoms with Crippen LogP contribution in [0.4, 0.5) is 11.4 Å². The van der Waals surface area contributed by atoms with Crippen LogP contribution in [0.1, 0.15) is 5.56 Å². The molecule has 3 aromatic rings. The highest BCUT2D eigenvalue weighted by molar-refractivity contribution is 6.52. The summed E-state index contributed by atoms with van der Waals surface area (Å²) in [6, 6.07) is 24.4. The van der Waals surface area contributed by atoms with Crippen LogP contribution >= 0.6 is 0 Å². The number of rotatable bonds is 2. The average molecular weight is 328 g/mol. The van der Waals surface area contributed by atoms with Crippen molar-refractivity contribution in [2.45, 2.75) is 0 Å². The van der Waals surface area contributed by atoms with E-state index in [-0.39, 0.29) is 11.6 Å². The summed E-state index contributed by atoms with van der Waals surface area (Å²) in [5.74, 6) is -0.293. The lowest BCUT2D eigenvalue weighted by molar-refractivity contribution is -0.358. The van der Waals surface area contributed by atoms with Gasteiger partial charge < -0.3 is 10.1 Å². The predicted octanol–water partition coefficient (Wildman–Crippen LogP) is 3.96. The number of nitrogens with zero attached hydrogens (tertiary/aromatic N) is 2. The zero-order valence-electron chi connectivity index (χ0n) is 13.7. The largest absolute Gasteiger partial charge is 0.618 e. The van der Waals surface area contributed by atoms with E-state index in [0.29, 0.717) is 11.3 Å². The van der Waals surface area contributed by atoms with Gasteiger partial charge in [-0.25, -0.2) is 0 Å². The Bertz CT molecular complexity index is 994. The van der Waals surface area contributed by atoms with Crippen molar-refractivity contribution in [1.82, 2.24) is 0 Å². The van der Waals surface area contributed by atoms with E-state index in [4.69, 9.17) is 0 Å². The first-order chi connectivity index (χ1) is 12.2. The van der Waals surface area contributed by atoms with E-state index in [2.05, 4.69) is 0 Å². The number of anilines is 1. The lowest BCUT2D eigenvalue weighted by atomic mass is 10.0. The van der Waals surface area contributed by atoms with Crippen molar-refractivity contribution >= 4 is 23.0 Å². The molecule has 3 aromatic carbocycles. The zero-order chi connectivity index (χ0) is 17.4. The molecular formula is C21H16N2O2. The maximum atomic E-state index is 13.2. The molecule has 0 atom stereocenters. The van der Waals surface area contributed by atoms with Crippen LogP contribution in [0.5, 0.6) is 0 Å². The quantitative estimate of drug-likeness (QED) is 0.406. The number of carbonyl (C=O) groups excluding carboxylic acids is 1. The lowest BCUT2D eigenvalue weighted by Crippen LogP contribution is -2.29. The maximum Gasteiger partial charge on any atom is 0.324 e. The molecule has 0 N–H and O–H groups in total. The summed E-state index contributed by atoms with van der Waals surface area (Å²) in [7, 11) is 1.69. The molecule has 0 spiro atoms. The summed E-state index contributed by atoms with van der Waals surface area (Å²) >= 11 is 0. The molecule has 122 valence electrons. The van der Waals surface area contributed by atoms with Gasteiger partial charge in [0.2, 0.25) is 5.69 Å². The SMILES string of the molecule is CN1C(=O)/C(=[N+](/[O-])c2ccccc2-c2ccccc2)c2ccccc21. The second kappa shape index (κ2) is 5.91. The average Bonchev–Trinajstić information content (AvgIpc) is 2.93. The molecule has 1 amide bonds. The van der Waals surface area contributed by atoms with Gasteiger partial charge in [0.25, 0.3) is 5.71 Å². The Morgan fingerprint density at radius 2 is 1.40 bits per heavy atom. The fourth-order valence-corrected chi connectivity index (χ4v) is 3.18. The number of fused-ring (bicyclic) bond motifs is 1. The summed E-state index contributed by atoms with van der Waals surface area (Å²) < 4.78 is 0.757. The second-order valence-electron chi connectivity index (χ2n) is 5.91. The van der Waals surface area contributed by atoms with E-state index in [0.717, 1.165) is 21.6 Å². The van der Waals surface area contributed by atoms with Gasteiger partial charge in [-0.05, 0) is 23.8 Å². The molecular weight excluding hydrogens is 312 g/mol. The van der Waals surface area contributed by atoms with E-state index in [9.17, 15) is 10.0 Å². The molecule has 4 heteroatoms. The fraction of sp³-hybridized carbons (Fsp3) is 0.0476. The molecule has 0 unspecified atom stereocenters. The molecule has 0 fully saturated rings. The van der Waals surface area contributed by atoms with Crippen molar-refractivity contribution in [3.8, 4) is 11.1 Å². The number of hydrogen-bond acceptors (Lipinski definition) is 2. The molecule has 25 heavy (non-hydrogen) atoms. The van der Waals surface area contributed by atoms with Crippen LogP contribution in [0.2, 0.25) is 0 Å². The molecule has 0 saturated heterocycles. The monoisotopic (exact) mass is 328 g/mol. The van der Waals surface area contributed by atoms with Crippen LogP contribution in [-0.2, 0) is 4.79 Å². The molecule has 0 saturated carbocycles. The number of hydrogen-bond donors (Lipinski definition) is 0. The van der Waals surface area contributed by atoms with Crippen LogP contribution in [0.15, 0.2) is 78.9 Å². The number of benzene rings is 3. The van der Waals surface area contributed by atoms with Gasteiger partial charge in [-0.3, -0.25) is 4.79 Å². The second-order valence-corrected chi connectivity index (χ2v) is 5.91. The minimum Gasteiger partial charge on any atom is -0.618 e. The van der Waals surface area contributed by atoms with Crippen LogP contribution in [0.25, 0.3) is 11.1 Å². The van der Waals surface area contributed by atoms with Gasteiger partial charge in [-0.2, -0.15) is 4.74 Å². The van der Waals surface area contributed by atoms with Gasteiger partial charge in [-0.15, -0.1) is 0 Å². The van der Waals surface area contributed by atoms with Crippen molar-refractivity contribution in [2.24, 2.45) is 0 Å². The summed E-state index contributed by atoms with van der Waals surface area (Å²) in [4.78, 5) is 14.2. The van der Waals surface area contributed by atoms with E-state index >= 15 is 0 Å². The molecule has 0 bridgehead atoms. The van der Waals surface area contributed by atoms with Crippen molar-refractivity contribution < 1.29 is 9.53 Å². The van der Waals surface area contributed by atoms with Gasteiger partial charge in [0.15, 0.2) is 0 Å². The molecule has 0 aromatic heterocycles. The zero-order valence-corrected chi connectivity index (χ0v) is 13.7. The standard InChI is InChI=1S/C21H16N2O2/c1-22-18-13-7-6-12-17(18)20(21(22)24)23(25)19-14-8-5-11-16(19)15-9-3-2-4-10-15/h2-14H,1H3/b23-20+. The summed E-state index contributed by atoms with van der Waals surface area (Å²) in [6.07, 6.45) is 0. The van der Waals surface area contributed by atoms with Gasteiger partial charge in [0.05, 0.1) is 16.8 Å². The highest BCUT2D eigenvalue weighted by Gasteiger charge is 2.38. The minimum absolute atomic E-state index is 0.154. The molecule has 0 aliphatic carbocycles. The lowest BCUT2D eigenvalue weighted by Gasteiger charge is -2.11. The summed E-state index contributed by atoms with van der Waals surface area (Å²) in [5.41, 5.74) is 3.76. The number of likely N-dealkylation sites (N-methyl/N-ethyl adjacent to an activating group) is 1. The highest BCUT2D eigenvalue weighted by Crippen LogP contribution is 2.33. The van der Waals surface area contributed by atoms with Crippen LogP contribution < -0.4 is 4.90 Å². The third-order valence-electron chi connectivity index (χ3n) is 4.44. The Balaban J connectivity index is 1.95. The highest BCUT2D eigenvalue weighted by atomic mass is 16.5. The third kappa shape index (κ3) is 2.39. The minimum atomic E-state index is -0.293. The molecule has 1 heterocycles. The molecule has 0 radical (unpaired) electrons. The third-order valence-corrected chi connectivity index (χ3v) is 4.44. The first-order valence-electron chi connectivity index (χ1n) is 8.04. The van der Waals surface area contributed by atoms with Gasteiger partial charge in [0, 0.05) is 13.1 Å². The van der Waals surface area contributed by atoms with Crippen LogP contribution in [0.3, 0.4) is 0 Å². The topological polar surface area (TPSA) is 46.4 Å². The first kappa shape index (κ1) is 15.1. The Morgan fingerprint density at radius 3 is 2.16 bits per heavy atom. The Morgan fingerprint density at radius 1 is 0.800 bits per heavy atom.